The van der Waals surface area contributed by atoms with Crippen LogP contribution in [0.15, 0.2) is 71.6 Å². The van der Waals surface area contributed by atoms with E-state index in [1.807, 2.05) is 12.1 Å². The van der Waals surface area contributed by atoms with Crippen molar-refractivity contribution in [2.45, 2.75) is 37.3 Å². The van der Waals surface area contributed by atoms with Crippen LogP contribution in [0.1, 0.15) is 24.0 Å². The Morgan fingerprint density at radius 3 is 2.65 bits per heavy atom. The van der Waals surface area contributed by atoms with E-state index in [1.54, 1.807) is 67.5 Å². The molecule has 0 bridgehead atoms. The third-order valence-corrected chi connectivity index (χ3v) is 7.86. The molecule has 2 amide bonds. The van der Waals surface area contributed by atoms with E-state index in [-0.39, 0.29) is 34.3 Å². The summed E-state index contributed by atoms with van der Waals surface area (Å²) in [7, 11) is -2.62. The number of nitrogens with one attached hydrogen (secondary N) is 1. The predicted molar refractivity (Wildman–Crippen MR) is 142 cm³/mol. The average molecular weight is 545 g/mol. The van der Waals surface area contributed by atoms with E-state index in [0.717, 1.165) is 12.8 Å². The van der Waals surface area contributed by atoms with Gasteiger partial charge in [0.1, 0.15) is 16.4 Å². The molecule has 0 unspecified atom stereocenters. The second-order valence-corrected chi connectivity index (χ2v) is 10.6. The fourth-order valence-electron chi connectivity index (χ4n) is 4.21. The third-order valence-electron chi connectivity index (χ3n) is 5.98. The number of hydrogen-bond acceptors (Lipinski definition) is 6. The molecule has 1 N–H and O–H groups in total. The maximum atomic E-state index is 13.3. The molecule has 4 rings (SSSR count). The maximum absolute atomic E-state index is 13.3. The number of amides is 2. The highest BCUT2D eigenvalue weighted by molar-refractivity contribution is 7.87. The van der Waals surface area contributed by atoms with E-state index in [9.17, 15) is 13.2 Å². The first-order valence-corrected chi connectivity index (χ1v) is 13.6. The summed E-state index contributed by atoms with van der Waals surface area (Å²) < 4.78 is 42.5. The molecule has 1 aliphatic rings. The Morgan fingerprint density at radius 1 is 1.14 bits per heavy atom. The normalized spacial score (nSPS) is 15.3. The van der Waals surface area contributed by atoms with Crippen LogP contribution in [0.4, 0.5) is 10.5 Å². The van der Waals surface area contributed by atoms with Gasteiger partial charge in [-0.25, -0.2) is 4.79 Å². The fourth-order valence-corrected chi connectivity index (χ4v) is 5.93. The van der Waals surface area contributed by atoms with Crippen molar-refractivity contribution in [3.8, 4) is 11.5 Å². The molecule has 8 nitrogen and oxygen atoms in total. The zero-order valence-corrected chi connectivity index (χ0v) is 22.2. The van der Waals surface area contributed by atoms with Crippen molar-refractivity contribution in [3.05, 3.63) is 82.9 Å². The molecule has 0 saturated carbocycles. The van der Waals surface area contributed by atoms with Gasteiger partial charge in [-0.15, -0.1) is 0 Å². The Labute approximate surface area is 222 Å². The van der Waals surface area contributed by atoms with Gasteiger partial charge in [0.05, 0.1) is 23.9 Å². The van der Waals surface area contributed by atoms with Crippen LogP contribution in [0.2, 0.25) is 5.02 Å². The van der Waals surface area contributed by atoms with Crippen LogP contribution in [-0.2, 0) is 21.4 Å². The summed E-state index contributed by atoms with van der Waals surface area (Å²) in [5.41, 5.74) is 1.72. The largest absolute Gasteiger partial charge is 0.495 e. The van der Waals surface area contributed by atoms with Crippen molar-refractivity contribution < 1.29 is 26.9 Å². The van der Waals surface area contributed by atoms with E-state index >= 15 is 0 Å². The first kappa shape index (κ1) is 26.8. The molecule has 196 valence electrons. The van der Waals surface area contributed by atoms with Gasteiger partial charge in [-0.3, -0.25) is 0 Å². The lowest BCUT2D eigenvalue weighted by Gasteiger charge is -2.26. The number of methoxy groups -OCH3 is 1. The number of ether oxygens (including phenoxy) is 2. The van der Waals surface area contributed by atoms with Crippen molar-refractivity contribution >= 4 is 33.4 Å². The second kappa shape index (κ2) is 11.9. The summed E-state index contributed by atoms with van der Waals surface area (Å²) in [5, 5.41) is 3.00. The zero-order valence-electron chi connectivity index (χ0n) is 20.6. The first-order chi connectivity index (χ1) is 17.8. The minimum atomic E-state index is -4.16. The summed E-state index contributed by atoms with van der Waals surface area (Å²) in [6.45, 7) is 2.91. The van der Waals surface area contributed by atoms with Gasteiger partial charge in [0.2, 0.25) is 0 Å². The molecular weight excluding hydrogens is 516 g/mol. The van der Waals surface area contributed by atoms with Gasteiger partial charge in [0.15, 0.2) is 0 Å². The number of rotatable bonds is 9. The van der Waals surface area contributed by atoms with E-state index in [2.05, 4.69) is 5.32 Å². The standard InChI is InChI=1S/C27H29ClN2O6S/c1-19-8-5-12-23(28)26(19)37(32,33)36-21-10-6-9-20(16-21)17-30(18-22-11-7-15-35-22)27(31)29-24-13-3-4-14-25(24)34-2/h3-6,8-10,12-14,16,22H,7,11,15,17-18H2,1-2H3,(H,29,31)/t22-/m1/s1. The number of benzene rings is 3. The van der Waals surface area contributed by atoms with E-state index in [1.165, 1.54) is 6.07 Å². The highest BCUT2D eigenvalue weighted by Crippen LogP contribution is 2.29. The monoisotopic (exact) mass is 544 g/mol. The predicted octanol–water partition coefficient (Wildman–Crippen LogP) is 5.64. The summed E-state index contributed by atoms with van der Waals surface area (Å²) in [4.78, 5) is 14.9. The molecule has 0 aromatic heterocycles. The summed E-state index contributed by atoms with van der Waals surface area (Å²) in [6.07, 6.45) is 1.72. The first-order valence-electron chi connectivity index (χ1n) is 11.9. The van der Waals surface area contributed by atoms with Crippen LogP contribution in [0, 0.1) is 6.92 Å². The van der Waals surface area contributed by atoms with Crippen molar-refractivity contribution in [3.63, 3.8) is 0 Å². The van der Waals surface area contributed by atoms with Gasteiger partial charge in [-0.05, 0) is 61.2 Å². The molecule has 37 heavy (non-hydrogen) atoms. The van der Waals surface area contributed by atoms with Crippen LogP contribution < -0.4 is 14.2 Å². The lowest BCUT2D eigenvalue weighted by atomic mass is 10.2. The van der Waals surface area contributed by atoms with Gasteiger partial charge in [0, 0.05) is 19.7 Å². The molecule has 1 fully saturated rings. The van der Waals surface area contributed by atoms with Gasteiger partial charge in [0.25, 0.3) is 0 Å². The SMILES string of the molecule is COc1ccccc1NC(=O)N(Cc1cccc(OS(=O)(=O)c2c(C)cccc2Cl)c1)C[C@H]1CCCO1. The van der Waals surface area contributed by atoms with E-state index in [0.29, 0.717) is 35.7 Å². The molecule has 3 aromatic carbocycles. The van der Waals surface area contributed by atoms with Crippen molar-refractivity contribution in [2.24, 2.45) is 0 Å². The fraction of sp³-hybridized carbons (Fsp3) is 0.296. The molecule has 0 spiro atoms. The number of halogens is 1. The van der Waals surface area contributed by atoms with Crippen molar-refractivity contribution in [1.82, 2.24) is 4.90 Å². The minimum absolute atomic E-state index is 0.0711. The summed E-state index contributed by atoms with van der Waals surface area (Å²) in [6, 6.07) is 18.3. The van der Waals surface area contributed by atoms with Crippen LogP contribution >= 0.6 is 11.6 Å². The van der Waals surface area contributed by atoms with Crippen LogP contribution in [-0.4, -0.2) is 45.7 Å². The number of carbonyl (C=O) groups excluding carboxylic acids is 1. The highest BCUT2D eigenvalue weighted by atomic mass is 35.5. The van der Waals surface area contributed by atoms with E-state index in [4.69, 9.17) is 25.3 Å². The van der Waals surface area contributed by atoms with Gasteiger partial charge in [-0.1, -0.05) is 48.0 Å². The Bertz CT molecular complexity index is 1340. The number of urea groups is 1. The number of para-hydroxylation sites is 2. The lowest BCUT2D eigenvalue weighted by molar-refractivity contribution is 0.0819. The van der Waals surface area contributed by atoms with Gasteiger partial charge < -0.3 is 23.9 Å². The number of anilines is 1. The Morgan fingerprint density at radius 2 is 1.92 bits per heavy atom. The maximum Gasteiger partial charge on any atom is 0.340 e. The molecule has 0 radical (unpaired) electrons. The molecule has 10 heteroatoms. The van der Waals surface area contributed by atoms with Crippen LogP contribution in [0.5, 0.6) is 11.5 Å². The molecule has 1 heterocycles. The quantitative estimate of drug-likeness (QED) is 0.350. The molecule has 3 aromatic rings. The molecule has 1 aliphatic heterocycles. The summed E-state index contributed by atoms with van der Waals surface area (Å²) >= 11 is 6.15. The van der Waals surface area contributed by atoms with Crippen molar-refractivity contribution in [2.75, 3.05) is 25.6 Å². The molecule has 0 aliphatic carbocycles. The third kappa shape index (κ3) is 6.74. The van der Waals surface area contributed by atoms with Crippen LogP contribution in [0.3, 0.4) is 0 Å². The average Bonchev–Trinajstić information content (AvgIpc) is 3.37. The Kier molecular flexibility index (Phi) is 8.58. The van der Waals surface area contributed by atoms with E-state index < -0.39 is 10.1 Å². The lowest BCUT2D eigenvalue weighted by Crippen LogP contribution is -2.39. The topological polar surface area (TPSA) is 94.2 Å². The number of aryl methyl sites for hydroxylation is 1. The molecule has 1 atom stereocenters. The number of hydrogen-bond donors (Lipinski definition) is 1. The smallest absolute Gasteiger partial charge is 0.340 e. The van der Waals surface area contributed by atoms with Gasteiger partial charge in [-0.2, -0.15) is 8.42 Å². The second-order valence-electron chi connectivity index (χ2n) is 8.72. The van der Waals surface area contributed by atoms with Crippen LogP contribution in [0.25, 0.3) is 0 Å². The minimum Gasteiger partial charge on any atom is -0.495 e. The molecule has 1 saturated heterocycles. The highest BCUT2D eigenvalue weighted by Gasteiger charge is 2.25. The number of carbonyl (C=O) groups is 1. The Hall–Kier alpha value is -3.27. The Balaban J connectivity index is 1.55. The van der Waals surface area contributed by atoms with Gasteiger partial charge >= 0.3 is 16.1 Å². The summed E-state index contributed by atoms with van der Waals surface area (Å²) in [5.74, 6) is 0.669. The number of nitrogens with zero attached hydrogens (tertiary/aromatic N) is 1. The zero-order chi connectivity index (χ0) is 26.4. The molecular formula is C27H29ClN2O6S. The van der Waals surface area contributed by atoms with Crippen molar-refractivity contribution in [1.29, 1.82) is 0 Å².